The highest BCUT2D eigenvalue weighted by Crippen LogP contribution is 2.38. The van der Waals surface area contributed by atoms with Crippen molar-refractivity contribution in [1.82, 2.24) is 4.90 Å². The molecule has 34 heavy (non-hydrogen) atoms. The van der Waals surface area contributed by atoms with Gasteiger partial charge in [0.1, 0.15) is 15.1 Å². The van der Waals surface area contributed by atoms with Gasteiger partial charge in [0.25, 0.3) is 11.8 Å². The van der Waals surface area contributed by atoms with Crippen LogP contribution >= 0.6 is 35.3 Å². The van der Waals surface area contributed by atoms with Gasteiger partial charge in [0.2, 0.25) is 5.91 Å². The predicted octanol–water partition coefficient (Wildman–Crippen LogP) is 4.35. The molecule has 0 saturated carbocycles. The number of thioether (sulfide) groups is 1. The Morgan fingerprint density at radius 1 is 1.29 bits per heavy atom. The number of anilines is 1. The first-order valence-corrected chi connectivity index (χ1v) is 13.0. The van der Waals surface area contributed by atoms with Crippen LogP contribution in [0.3, 0.4) is 0 Å². The molecule has 1 fully saturated rings. The Labute approximate surface area is 211 Å². The van der Waals surface area contributed by atoms with Gasteiger partial charge in [-0.25, -0.2) is 0 Å². The first-order chi connectivity index (χ1) is 16.4. The molecule has 1 aromatic carbocycles. The van der Waals surface area contributed by atoms with Crippen molar-refractivity contribution in [3.05, 3.63) is 50.7 Å². The summed E-state index contributed by atoms with van der Waals surface area (Å²) < 4.78 is 5.70. The SMILES string of the molecule is COc1cccc(C=C2SC(=S)N(CCCC(=O)Nc3sc4c(c3C(N)=O)CCCC4)C2=O)c1. The van der Waals surface area contributed by atoms with Gasteiger partial charge in [-0.1, -0.05) is 36.1 Å². The van der Waals surface area contributed by atoms with Crippen molar-refractivity contribution in [2.24, 2.45) is 5.73 Å². The molecule has 0 bridgehead atoms. The lowest BCUT2D eigenvalue weighted by atomic mass is 9.95. The minimum Gasteiger partial charge on any atom is -0.497 e. The topological polar surface area (TPSA) is 102 Å². The number of nitrogens with one attached hydrogen (secondary N) is 1. The number of amides is 3. The molecule has 1 aliphatic carbocycles. The van der Waals surface area contributed by atoms with Crippen LogP contribution in [0.2, 0.25) is 0 Å². The Bertz CT molecular complexity index is 1190. The van der Waals surface area contributed by atoms with Crippen LogP contribution in [0.4, 0.5) is 5.00 Å². The monoisotopic (exact) mass is 515 g/mol. The number of nitrogens with two attached hydrogens (primary N) is 1. The van der Waals surface area contributed by atoms with Crippen molar-refractivity contribution < 1.29 is 19.1 Å². The highest BCUT2D eigenvalue weighted by atomic mass is 32.2. The first-order valence-electron chi connectivity index (χ1n) is 11.0. The predicted molar refractivity (Wildman–Crippen MR) is 140 cm³/mol. The second kappa shape index (κ2) is 10.7. The molecule has 2 aromatic rings. The number of aryl methyl sites for hydroxylation is 1. The van der Waals surface area contributed by atoms with Gasteiger partial charge in [0, 0.05) is 17.8 Å². The van der Waals surface area contributed by atoms with E-state index >= 15 is 0 Å². The molecule has 0 radical (unpaired) electrons. The number of ether oxygens (including phenoxy) is 1. The van der Waals surface area contributed by atoms with Crippen molar-refractivity contribution in [2.45, 2.75) is 38.5 Å². The van der Waals surface area contributed by atoms with E-state index in [1.807, 2.05) is 24.3 Å². The summed E-state index contributed by atoms with van der Waals surface area (Å²) in [6.45, 7) is 0.344. The van der Waals surface area contributed by atoms with Gasteiger partial charge in [-0.3, -0.25) is 19.3 Å². The number of nitrogens with zero attached hydrogens (tertiary/aromatic N) is 1. The highest BCUT2D eigenvalue weighted by Gasteiger charge is 2.32. The third-order valence-electron chi connectivity index (χ3n) is 5.72. The summed E-state index contributed by atoms with van der Waals surface area (Å²) in [5, 5.41) is 3.40. The van der Waals surface area contributed by atoms with Crippen molar-refractivity contribution in [3.63, 3.8) is 0 Å². The van der Waals surface area contributed by atoms with Crippen LogP contribution in [0.15, 0.2) is 29.2 Å². The number of primary amides is 1. The van der Waals surface area contributed by atoms with Crippen LogP contribution < -0.4 is 15.8 Å². The normalized spacial score (nSPS) is 16.6. The molecule has 7 nitrogen and oxygen atoms in total. The Hall–Kier alpha value is -2.69. The van der Waals surface area contributed by atoms with E-state index in [2.05, 4.69) is 5.32 Å². The number of carbonyl (C=O) groups excluding carboxylic acids is 3. The molecule has 1 saturated heterocycles. The standard InChI is InChI=1S/C24H25N3O4S3/c1-31-15-7-4-6-14(12-15)13-18-23(30)27(24(32)34-18)11-5-10-19(28)26-22-20(21(25)29)16-8-2-3-9-17(16)33-22/h4,6-7,12-13H,2-3,5,8-11H2,1H3,(H2,25,29)(H,26,28). The number of rotatable bonds is 8. The molecular weight excluding hydrogens is 490 g/mol. The van der Waals surface area contributed by atoms with Gasteiger partial charge in [-0.2, -0.15) is 0 Å². The van der Waals surface area contributed by atoms with Crippen LogP contribution in [0.25, 0.3) is 6.08 Å². The Morgan fingerprint density at radius 3 is 2.85 bits per heavy atom. The summed E-state index contributed by atoms with van der Waals surface area (Å²) >= 11 is 8.09. The van der Waals surface area contributed by atoms with Crippen LogP contribution in [0, 0.1) is 0 Å². The second-order valence-electron chi connectivity index (χ2n) is 8.04. The van der Waals surface area contributed by atoms with Crippen LogP contribution in [-0.4, -0.2) is 40.6 Å². The Kier molecular flexibility index (Phi) is 7.70. The van der Waals surface area contributed by atoms with E-state index in [1.54, 1.807) is 13.2 Å². The zero-order valence-corrected chi connectivity index (χ0v) is 21.2. The van der Waals surface area contributed by atoms with Crippen molar-refractivity contribution in [3.8, 4) is 5.75 Å². The van der Waals surface area contributed by atoms with Gasteiger partial charge in [0.05, 0.1) is 17.6 Å². The number of thiophene rings is 1. The zero-order chi connectivity index (χ0) is 24.2. The molecule has 3 N–H and O–H groups in total. The molecular formula is C24H25N3O4S3. The number of fused-ring (bicyclic) bond motifs is 1. The number of methoxy groups -OCH3 is 1. The minimum atomic E-state index is -0.505. The lowest BCUT2D eigenvalue weighted by molar-refractivity contribution is -0.122. The van der Waals surface area contributed by atoms with Gasteiger partial charge >= 0.3 is 0 Å². The molecule has 4 rings (SSSR count). The third kappa shape index (κ3) is 5.34. The van der Waals surface area contributed by atoms with Gasteiger partial charge in [-0.15, -0.1) is 11.3 Å². The van der Waals surface area contributed by atoms with E-state index in [0.29, 0.717) is 38.5 Å². The van der Waals surface area contributed by atoms with E-state index in [4.69, 9.17) is 22.7 Å². The van der Waals surface area contributed by atoms with Gasteiger partial charge in [0.15, 0.2) is 0 Å². The fourth-order valence-electron chi connectivity index (χ4n) is 4.08. The van der Waals surface area contributed by atoms with Gasteiger partial charge in [-0.05, 0) is 61.4 Å². The van der Waals surface area contributed by atoms with E-state index in [1.165, 1.54) is 28.0 Å². The fraction of sp³-hybridized carbons (Fsp3) is 0.333. The molecule has 2 aliphatic rings. The molecule has 1 aliphatic heterocycles. The average Bonchev–Trinajstić information content (AvgIpc) is 3.30. The molecule has 3 amide bonds. The third-order valence-corrected chi connectivity index (χ3v) is 8.31. The molecule has 0 spiro atoms. The summed E-state index contributed by atoms with van der Waals surface area (Å²) in [6, 6.07) is 7.44. The summed E-state index contributed by atoms with van der Waals surface area (Å²) in [4.78, 5) is 40.6. The first kappa shape index (κ1) is 24.4. The average molecular weight is 516 g/mol. The fourth-order valence-corrected chi connectivity index (χ4v) is 6.70. The minimum absolute atomic E-state index is 0.167. The molecule has 10 heteroatoms. The van der Waals surface area contributed by atoms with Crippen molar-refractivity contribution in [2.75, 3.05) is 19.0 Å². The van der Waals surface area contributed by atoms with Crippen molar-refractivity contribution in [1.29, 1.82) is 0 Å². The van der Waals surface area contributed by atoms with E-state index < -0.39 is 5.91 Å². The molecule has 0 unspecified atom stereocenters. The number of carbonyl (C=O) groups is 3. The maximum Gasteiger partial charge on any atom is 0.266 e. The number of hydrogen-bond donors (Lipinski definition) is 2. The van der Waals surface area contributed by atoms with E-state index in [9.17, 15) is 14.4 Å². The quantitative estimate of drug-likeness (QED) is 0.400. The lowest BCUT2D eigenvalue weighted by Gasteiger charge is -2.14. The summed E-state index contributed by atoms with van der Waals surface area (Å²) in [5.41, 5.74) is 7.89. The summed E-state index contributed by atoms with van der Waals surface area (Å²) in [5.74, 6) is -0.171. The van der Waals surface area contributed by atoms with Crippen LogP contribution in [0.5, 0.6) is 5.75 Å². The Morgan fingerprint density at radius 2 is 2.09 bits per heavy atom. The number of thiocarbonyl (C=S) groups is 1. The lowest BCUT2D eigenvalue weighted by Crippen LogP contribution is -2.29. The molecule has 178 valence electrons. The zero-order valence-electron chi connectivity index (χ0n) is 18.7. The highest BCUT2D eigenvalue weighted by molar-refractivity contribution is 8.26. The van der Waals surface area contributed by atoms with E-state index in [0.717, 1.165) is 41.7 Å². The van der Waals surface area contributed by atoms with Gasteiger partial charge < -0.3 is 15.8 Å². The van der Waals surface area contributed by atoms with Crippen molar-refractivity contribution >= 4 is 68.4 Å². The maximum atomic E-state index is 12.8. The second-order valence-corrected chi connectivity index (χ2v) is 10.8. The largest absolute Gasteiger partial charge is 0.497 e. The van der Waals surface area contributed by atoms with E-state index in [-0.39, 0.29) is 18.2 Å². The smallest absolute Gasteiger partial charge is 0.266 e. The van der Waals surface area contributed by atoms with Crippen LogP contribution in [-0.2, 0) is 22.4 Å². The molecule has 2 heterocycles. The molecule has 0 atom stereocenters. The Balaban J connectivity index is 1.35. The maximum absolute atomic E-state index is 12.8. The number of benzene rings is 1. The van der Waals surface area contributed by atoms with Crippen LogP contribution in [0.1, 0.15) is 52.0 Å². The molecule has 1 aromatic heterocycles. The summed E-state index contributed by atoms with van der Waals surface area (Å²) in [6.07, 6.45) is 6.27. The summed E-state index contributed by atoms with van der Waals surface area (Å²) in [7, 11) is 1.59. The number of hydrogen-bond acceptors (Lipinski definition) is 7.